The third-order valence-electron chi connectivity index (χ3n) is 3.14. The zero-order valence-electron chi connectivity index (χ0n) is 9.84. The number of benzene rings is 1. The van der Waals surface area contributed by atoms with Crippen LogP contribution in [0.15, 0.2) is 24.3 Å². The first kappa shape index (κ1) is 10.1. The van der Waals surface area contributed by atoms with Crippen LogP contribution in [-0.2, 0) is 0 Å². The molecular formula is C12H14N4O. The van der Waals surface area contributed by atoms with Crippen molar-refractivity contribution in [2.24, 2.45) is 0 Å². The molecular weight excluding hydrogens is 216 g/mol. The van der Waals surface area contributed by atoms with Gasteiger partial charge in [0.05, 0.1) is 11.0 Å². The number of carbonyl (C=O) groups is 1. The average Bonchev–Trinajstić information content (AvgIpc) is 2.67. The number of rotatable bonds is 1. The topological polar surface area (TPSA) is 50.2 Å². The van der Waals surface area contributed by atoms with Crippen LogP contribution >= 0.6 is 0 Å². The van der Waals surface area contributed by atoms with Crippen LogP contribution in [0.3, 0.4) is 0 Å². The molecule has 0 radical (unpaired) electrons. The maximum atomic E-state index is 12.3. The second kappa shape index (κ2) is 3.48. The first-order valence-corrected chi connectivity index (χ1v) is 5.77. The zero-order chi connectivity index (χ0) is 12.0. The van der Waals surface area contributed by atoms with Gasteiger partial charge in [0.2, 0.25) is 5.95 Å². The Morgan fingerprint density at radius 3 is 2.94 bits per heavy atom. The number of nitrogens with zero attached hydrogens (tertiary/aromatic N) is 3. The van der Waals surface area contributed by atoms with Crippen molar-refractivity contribution in [3.05, 3.63) is 24.3 Å². The fraction of sp³-hybridized carbons (Fsp3) is 0.333. The molecule has 0 spiro atoms. The maximum Gasteiger partial charge on any atom is 0.333 e. The summed E-state index contributed by atoms with van der Waals surface area (Å²) in [6, 6.07) is 7.65. The van der Waals surface area contributed by atoms with Crippen molar-refractivity contribution in [1.29, 1.82) is 0 Å². The lowest BCUT2D eigenvalue weighted by Gasteiger charge is -2.33. The van der Waals surface area contributed by atoms with Gasteiger partial charge in [0.15, 0.2) is 0 Å². The van der Waals surface area contributed by atoms with E-state index < -0.39 is 0 Å². The van der Waals surface area contributed by atoms with Crippen molar-refractivity contribution in [3.8, 4) is 0 Å². The van der Waals surface area contributed by atoms with Crippen LogP contribution in [-0.4, -0.2) is 33.2 Å². The molecule has 1 N–H and O–H groups in total. The molecule has 0 aliphatic carbocycles. The van der Waals surface area contributed by atoms with Gasteiger partial charge in [-0.2, -0.15) is 0 Å². The van der Waals surface area contributed by atoms with E-state index in [4.69, 9.17) is 0 Å². The number of para-hydroxylation sites is 2. The summed E-state index contributed by atoms with van der Waals surface area (Å²) in [5.41, 5.74) is 1.69. The molecule has 1 aromatic heterocycles. The smallest absolute Gasteiger partial charge is 0.333 e. The molecule has 0 fully saturated rings. The summed E-state index contributed by atoms with van der Waals surface area (Å²) in [5.74, 6) is 0.633. The number of amides is 1. The van der Waals surface area contributed by atoms with E-state index >= 15 is 0 Å². The monoisotopic (exact) mass is 230 g/mol. The van der Waals surface area contributed by atoms with E-state index in [1.54, 1.807) is 9.47 Å². The van der Waals surface area contributed by atoms with Crippen LogP contribution in [0.1, 0.15) is 13.8 Å². The van der Waals surface area contributed by atoms with Gasteiger partial charge >= 0.3 is 6.03 Å². The summed E-state index contributed by atoms with van der Waals surface area (Å²) >= 11 is 0. The lowest BCUT2D eigenvalue weighted by atomic mass is 10.3. The standard InChI is InChI=1S/C12H14N4O/c1-3-15-8(2)13-11-14-9-6-4-5-7-10(9)16(11)12(15)17/h4-8H,3H2,1-2H3,(H,13,14). The van der Waals surface area contributed by atoms with Crippen molar-refractivity contribution in [2.75, 3.05) is 11.9 Å². The van der Waals surface area contributed by atoms with Gasteiger partial charge in [-0.3, -0.25) is 0 Å². The van der Waals surface area contributed by atoms with Crippen LogP contribution in [0.2, 0.25) is 0 Å². The van der Waals surface area contributed by atoms with Gasteiger partial charge < -0.3 is 10.2 Å². The third kappa shape index (κ3) is 1.32. The zero-order valence-corrected chi connectivity index (χ0v) is 9.84. The summed E-state index contributed by atoms with van der Waals surface area (Å²) in [4.78, 5) is 18.5. The molecule has 1 unspecified atom stereocenters. The fourth-order valence-electron chi connectivity index (χ4n) is 2.28. The predicted octanol–water partition coefficient (Wildman–Crippen LogP) is 2.10. The van der Waals surface area contributed by atoms with Crippen LogP contribution in [0, 0.1) is 0 Å². The normalized spacial score (nSPS) is 19.3. The minimum Gasteiger partial charge on any atom is -0.335 e. The number of aromatic nitrogens is 2. The molecule has 2 aromatic rings. The summed E-state index contributed by atoms with van der Waals surface area (Å²) in [6.07, 6.45) is -0.0168. The molecule has 1 atom stereocenters. The number of fused-ring (bicyclic) bond motifs is 3. The Hall–Kier alpha value is -2.04. The molecule has 0 bridgehead atoms. The van der Waals surface area contributed by atoms with E-state index in [0.29, 0.717) is 12.5 Å². The van der Waals surface area contributed by atoms with Crippen LogP contribution in [0.5, 0.6) is 0 Å². The van der Waals surface area contributed by atoms with E-state index in [9.17, 15) is 4.79 Å². The van der Waals surface area contributed by atoms with E-state index in [-0.39, 0.29) is 12.2 Å². The van der Waals surface area contributed by atoms with Gasteiger partial charge in [0.1, 0.15) is 6.17 Å². The Balaban J connectivity index is 2.24. The van der Waals surface area contributed by atoms with E-state index in [1.165, 1.54) is 0 Å². The Labute approximate surface area is 99.0 Å². The van der Waals surface area contributed by atoms with Crippen molar-refractivity contribution < 1.29 is 4.79 Å². The Kier molecular flexibility index (Phi) is 2.07. The summed E-state index contributed by atoms with van der Waals surface area (Å²) in [5, 5.41) is 3.24. The highest BCUT2D eigenvalue weighted by molar-refractivity contribution is 5.94. The first-order chi connectivity index (χ1) is 8.22. The maximum absolute atomic E-state index is 12.3. The Bertz CT molecular complexity index is 589. The van der Waals surface area contributed by atoms with E-state index in [0.717, 1.165) is 11.0 Å². The molecule has 5 heteroatoms. The lowest BCUT2D eigenvalue weighted by Crippen LogP contribution is -2.49. The first-order valence-electron chi connectivity index (χ1n) is 5.77. The molecule has 2 heterocycles. The van der Waals surface area contributed by atoms with Gasteiger partial charge in [-0.15, -0.1) is 0 Å². The molecule has 1 aliphatic heterocycles. The van der Waals surface area contributed by atoms with Gasteiger partial charge in [0, 0.05) is 6.54 Å². The van der Waals surface area contributed by atoms with Crippen LogP contribution in [0.25, 0.3) is 11.0 Å². The van der Waals surface area contributed by atoms with Crippen LogP contribution < -0.4 is 5.32 Å². The average molecular weight is 230 g/mol. The Morgan fingerprint density at radius 1 is 1.41 bits per heavy atom. The highest BCUT2D eigenvalue weighted by Gasteiger charge is 2.30. The number of hydrogen-bond acceptors (Lipinski definition) is 3. The number of hydrogen-bond donors (Lipinski definition) is 1. The largest absolute Gasteiger partial charge is 0.335 e. The number of nitrogens with one attached hydrogen (secondary N) is 1. The molecule has 17 heavy (non-hydrogen) atoms. The summed E-state index contributed by atoms with van der Waals surface area (Å²) in [7, 11) is 0. The Morgan fingerprint density at radius 2 is 2.18 bits per heavy atom. The summed E-state index contributed by atoms with van der Waals surface area (Å²) in [6.45, 7) is 4.61. The van der Waals surface area contributed by atoms with E-state index in [1.807, 2.05) is 38.1 Å². The minimum absolute atomic E-state index is 0.0116. The number of imidazole rings is 1. The van der Waals surface area contributed by atoms with Crippen LogP contribution in [0.4, 0.5) is 10.7 Å². The SMILES string of the molecule is CCN1C(=O)n2c(nc3ccccc32)NC1C. The van der Waals surface area contributed by atoms with Crippen molar-refractivity contribution in [1.82, 2.24) is 14.5 Å². The van der Waals surface area contributed by atoms with Gasteiger partial charge in [-0.25, -0.2) is 14.3 Å². The quantitative estimate of drug-likeness (QED) is 0.816. The molecule has 5 nitrogen and oxygen atoms in total. The molecule has 3 rings (SSSR count). The highest BCUT2D eigenvalue weighted by atomic mass is 16.2. The number of carbonyl (C=O) groups excluding carboxylic acids is 1. The minimum atomic E-state index is -0.0168. The predicted molar refractivity (Wildman–Crippen MR) is 66.0 cm³/mol. The second-order valence-corrected chi connectivity index (χ2v) is 4.15. The third-order valence-corrected chi connectivity index (χ3v) is 3.14. The highest BCUT2D eigenvalue weighted by Crippen LogP contribution is 2.25. The van der Waals surface area contributed by atoms with Crippen molar-refractivity contribution in [2.45, 2.75) is 20.0 Å². The van der Waals surface area contributed by atoms with Crippen molar-refractivity contribution >= 4 is 23.0 Å². The molecule has 1 aliphatic rings. The fourth-order valence-corrected chi connectivity index (χ4v) is 2.28. The molecule has 88 valence electrons. The molecule has 0 saturated carbocycles. The second-order valence-electron chi connectivity index (χ2n) is 4.15. The molecule has 1 amide bonds. The van der Waals surface area contributed by atoms with Crippen molar-refractivity contribution in [3.63, 3.8) is 0 Å². The summed E-state index contributed by atoms with van der Waals surface area (Å²) < 4.78 is 1.64. The number of anilines is 1. The van der Waals surface area contributed by atoms with Gasteiger partial charge in [-0.1, -0.05) is 12.1 Å². The lowest BCUT2D eigenvalue weighted by molar-refractivity contribution is 0.186. The molecule has 0 saturated heterocycles. The van der Waals surface area contributed by atoms with Gasteiger partial charge in [0.25, 0.3) is 0 Å². The molecule has 1 aromatic carbocycles. The van der Waals surface area contributed by atoms with Gasteiger partial charge in [-0.05, 0) is 26.0 Å². The van der Waals surface area contributed by atoms with E-state index in [2.05, 4.69) is 10.3 Å².